The fourth-order valence-corrected chi connectivity index (χ4v) is 3.61. The van der Waals surface area contributed by atoms with Crippen molar-refractivity contribution in [2.75, 3.05) is 32.8 Å². The molecule has 3 aromatic rings. The second kappa shape index (κ2) is 9.07. The van der Waals surface area contributed by atoms with Crippen molar-refractivity contribution in [3.05, 3.63) is 65.6 Å². The number of imidazole rings is 1. The molecule has 0 unspecified atom stereocenters. The van der Waals surface area contributed by atoms with Crippen LogP contribution in [0.25, 0.3) is 5.65 Å². The Morgan fingerprint density at radius 3 is 2.42 bits per heavy atom. The quantitative estimate of drug-likeness (QED) is 0.631. The number of fused-ring (bicyclic) bond motifs is 1. The third kappa shape index (κ3) is 4.63. The molecule has 0 N–H and O–H groups in total. The number of benzene rings is 1. The molecular weight excluding hydrogens is 396 g/mol. The Balaban J connectivity index is 1.32. The first-order chi connectivity index (χ1) is 15.0. The van der Waals surface area contributed by atoms with E-state index in [1.807, 2.05) is 35.9 Å². The second-order valence-corrected chi connectivity index (χ2v) is 7.45. The summed E-state index contributed by atoms with van der Waals surface area (Å²) in [5.74, 6) is 0.628. The van der Waals surface area contributed by atoms with Crippen LogP contribution in [0.3, 0.4) is 0 Å². The Kier molecular flexibility index (Phi) is 6.06. The number of hydrogen-bond acceptors (Lipinski definition) is 5. The van der Waals surface area contributed by atoms with Crippen LogP contribution in [0.1, 0.15) is 28.5 Å². The normalized spacial score (nSPS) is 14.0. The molecule has 1 aliphatic rings. The summed E-state index contributed by atoms with van der Waals surface area (Å²) in [6.45, 7) is 6.44. The van der Waals surface area contributed by atoms with Gasteiger partial charge in [0, 0.05) is 44.1 Å². The van der Waals surface area contributed by atoms with Crippen molar-refractivity contribution in [3.63, 3.8) is 0 Å². The van der Waals surface area contributed by atoms with Crippen LogP contribution in [0.5, 0.6) is 5.75 Å². The number of piperazine rings is 1. The van der Waals surface area contributed by atoms with Crippen molar-refractivity contribution in [2.45, 2.75) is 20.5 Å². The maximum absolute atomic E-state index is 12.8. The molecular formula is C23H26N4O4. The van der Waals surface area contributed by atoms with Crippen molar-refractivity contribution < 1.29 is 19.1 Å². The highest BCUT2D eigenvalue weighted by Gasteiger charge is 2.25. The van der Waals surface area contributed by atoms with Crippen LogP contribution in [-0.2, 0) is 11.3 Å². The Labute approximate surface area is 181 Å². The highest BCUT2D eigenvalue weighted by atomic mass is 16.6. The lowest BCUT2D eigenvalue weighted by atomic mass is 10.1. The van der Waals surface area contributed by atoms with Crippen LogP contribution in [0, 0.1) is 6.92 Å². The van der Waals surface area contributed by atoms with Crippen molar-refractivity contribution in [1.82, 2.24) is 19.2 Å². The SMILES string of the molecule is CCOC(=O)N1CCN(C(=O)c2ccc(OCc3cn4cccc(C)c4n3)cc2)CC1. The lowest BCUT2D eigenvalue weighted by Crippen LogP contribution is -2.50. The number of carbonyl (C=O) groups is 2. The Hall–Kier alpha value is -3.55. The number of aryl methyl sites for hydroxylation is 1. The highest BCUT2D eigenvalue weighted by molar-refractivity contribution is 5.94. The number of rotatable bonds is 5. The monoisotopic (exact) mass is 422 g/mol. The van der Waals surface area contributed by atoms with E-state index >= 15 is 0 Å². The van der Waals surface area contributed by atoms with E-state index in [1.165, 1.54) is 0 Å². The largest absolute Gasteiger partial charge is 0.487 e. The lowest BCUT2D eigenvalue weighted by Gasteiger charge is -2.34. The molecule has 1 aromatic carbocycles. The number of hydrogen-bond donors (Lipinski definition) is 0. The minimum atomic E-state index is -0.322. The number of ether oxygens (including phenoxy) is 2. The second-order valence-electron chi connectivity index (χ2n) is 7.45. The molecule has 0 atom stereocenters. The average molecular weight is 422 g/mol. The van der Waals surface area contributed by atoms with Crippen molar-refractivity contribution in [3.8, 4) is 5.75 Å². The van der Waals surface area contributed by atoms with E-state index < -0.39 is 0 Å². The van der Waals surface area contributed by atoms with Gasteiger partial charge in [0.05, 0.1) is 12.3 Å². The van der Waals surface area contributed by atoms with Crippen molar-refractivity contribution in [2.24, 2.45) is 0 Å². The highest BCUT2D eigenvalue weighted by Crippen LogP contribution is 2.17. The van der Waals surface area contributed by atoms with Gasteiger partial charge in [0.2, 0.25) is 0 Å². The Morgan fingerprint density at radius 2 is 1.74 bits per heavy atom. The van der Waals surface area contributed by atoms with Gasteiger partial charge in [-0.2, -0.15) is 0 Å². The number of pyridine rings is 1. The molecule has 1 fully saturated rings. The van der Waals surface area contributed by atoms with Crippen LogP contribution >= 0.6 is 0 Å². The first-order valence-corrected chi connectivity index (χ1v) is 10.4. The van der Waals surface area contributed by atoms with Gasteiger partial charge in [0.15, 0.2) is 0 Å². The summed E-state index contributed by atoms with van der Waals surface area (Å²) in [6, 6.07) is 11.1. The van der Waals surface area contributed by atoms with Gasteiger partial charge >= 0.3 is 6.09 Å². The summed E-state index contributed by atoms with van der Waals surface area (Å²) in [5.41, 5.74) is 3.47. The van der Waals surface area contributed by atoms with E-state index in [4.69, 9.17) is 9.47 Å². The summed E-state index contributed by atoms with van der Waals surface area (Å²) < 4.78 is 12.8. The molecule has 0 aliphatic carbocycles. The molecule has 8 nitrogen and oxygen atoms in total. The molecule has 2 aromatic heterocycles. The predicted molar refractivity (Wildman–Crippen MR) is 115 cm³/mol. The zero-order valence-electron chi connectivity index (χ0n) is 17.8. The topological polar surface area (TPSA) is 76.4 Å². The molecule has 31 heavy (non-hydrogen) atoms. The van der Waals surface area contributed by atoms with Crippen molar-refractivity contribution in [1.29, 1.82) is 0 Å². The molecule has 8 heteroatoms. The smallest absolute Gasteiger partial charge is 0.409 e. The van der Waals surface area contributed by atoms with Gasteiger partial charge in [-0.25, -0.2) is 9.78 Å². The maximum atomic E-state index is 12.8. The van der Waals surface area contributed by atoms with E-state index in [0.717, 1.165) is 16.9 Å². The molecule has 3 heterocycles. The first kappa shape index (κ1) is 20.7. The zero-order chi connectivity index (χ0) is 21.8. The van der Waals surface area contributed by atoms with E-state index in [2.05, 4.69) is 4.98 Å². The minimum absolute atomic E-state index is 0.0501. The zero-order valence-corrected chi connectivity index (χ0v) is 17.8. The molecule has 0 radical (unpaired) electrons. The van der Waals surface area contributed by atoms with Gasteiger partial charge in [-0.05, 0) is 49.7 Å². The molecule has 2 amide bonds. The van der Waals surface area contributed by atoms with Gasteiger partial charge in [0.1, 0.15) is 18.0 Å². The summed E-state index contributed by atoms with van der Waals surface area (Å²) in [4.78, 5) is 32.5. The molecule has 0 saturated carbocycles. The molecule has 162 valence electrons. The third-order valence-corrected chi connectivity index (χ3v) is 5.31. The van der Waals surface area contributed by atoms with Gasteiger partial charge < -0.3 is 23.7 Å². The number of nitrogens with zero attached hydrogens (tertiary/aromatic N) is 4. The van der Waals surface area contributed by atoms with Crippen LogP contribution in [0.4, 0.5) is 4.79 Å². The van der Waals surface area contributed by atoms with Gasteiger partial charge in [-0.15, -0.1) is 0 Å². The van der Waals surface area contributed by atoms with Crippen LogP contribution in [-0.4, -0.2) is 64.0 Å². The maximum Gasteiger partial charge on any atom is 0.409 e. The number of amides is 2. The van der Waals surface area contributed by atoms with Crippen LogP contribution < -0.4 is 4.74 Å². The van der Waals surface area contributed by atoms with Crippen molar-refractivity contribution >= 4 is 17.6 Å². The molecule has 0 spiro atoms. The van der Waals surface area contributed by atoms with Crippen LogP contribution in [0.2, 0.25) is 0 Å². The predicted octanol–water partition coefficient (Wildman–Crippen LogP) is 3.14. The fraction of sp³-hybridized carbons (Fsp3) is 0.348. The fourth-order valence-electron chi connectivity index (χ4n) is 3.61. The van der Waals surface area contributed by atoms with E-state index in [1.54, 1.807) is 41.0 Å². The van der Waals surface area contributed by atoms with Crippen LogP contribution in [0.15, 0.2) is 48.8 Å². The summed E-state index contributed by atoms with van der Waals surface area (Å²) in [5, 5.41) is 0. The first-order valence-electron chi connectivity index (χ1n) is 10.4. The lowest BCUT2D eigenvalue weighted by molar-refractivity contribution is 0.0570. The molecule has 4 rings (SSSR count). The Morgan fingerprint density at radius 1 is 1.03 bits per heavy atom. The summed E-state index contributed by atoms with van der Waals surface area (Å²) in [7, 11) is 0. The third-order valence-electron chi connectivity index (χ3n) is 5.31. The molecule has 1 saturated heterocycles. The molecule has 0 bridgehead atoms. The van der Waals surface area contributed by atoms with Gasteiger partial charge in [-0.1, -0.05) is 6.07 Å². The minimum Gasteiger partial charge on any atom is -0.487 e. The summed E-state index contributed by atoms with van der Waals surface area (Å²) in [6.07, 6.45) is 3.60. The standard InChI is InChI=1S/C23H26N4O4/c1-3-30-23(29)26-13-11-25(12-14-26)22(28)18-6-8-20(9-7-18)31-16-19-15-27-10-4-5-17(2)21(27)24-19/h4-10,15H,3,11-14,16H2,1-2H3. The van der Waals surface area contributed by atoms with E-state index in [0.29, 0.717) is 50.7 Å². The summed E-state index contributed by atoms with van der Waals surface area (Å²) >= 11 is 0. The average Bonchev–Trinajstić information content (AvgIpc) is 3.22. The number of carbonyl (C=O) groups excluding carboxylic acids is 2. The van der Waals surface area contributed by atoms with Gasteiger partial charge in [0.25, 0.3) is 5.91 Å². The Bertz CT molecular complexity index is 1070. The van der Waals surface area contributed by atoms with E-state index in [-0.39, 0.29) is 12.0 Å². The van der Waals surface area contributed by atoms with E-state index in [9.17, 15) is 9.59 Å². The molecule has 1 aliphatic heterocycles. The number of aromatic nitrogens is 2. The van der Waals surface area contributed by atoms with Gasteiger partial charge in [-0.3, -0.25) is 4.79 Å².